The highest BCUT2D eigenvalue weighted by molar-refractivity contribution is 7.89. The highest BCUT2D eigenvalue weighted by Gasteiger charge is 2.22. The Kier molecular flexibility index (Phi) is 6.12. The van der Waals surface area contributed by atoms with Crippen molar-refractivity contribution in [2.45, 2.75) is 11.8 Å². The number of aryl methyl sites for hydroxylation is 1. The van der Waals surface area contributed by atoms with Crippen LogP contribution in [-0.4, -0.2) is 45.2 Å². The summed E-state index contributed by atoms with van der Waals surface area (Å²) < 4.78 is 26.0. The summed E-state index contributed by atoms with van der Waals surface area (Å²) in [5, 5.41) is 5.10. The molecule has 0 aliphatic heterocycles. The number of sulfonamides is 1. The van der Waals surface area contributed by atoms with Crippen molar-refractivity contribution in [1.29, 1.82) is 0 Å². The third-order valence-corrected chi connectivity index (χ3v) is 5.55. The van der Waals surface area contributed by atoms with Crippen molar-refractivity contribution in [2.24, 2.45) is 0 Å². The maximum Gasteiger partial charge on any atom is 0.251 e. The maximum atomic E-state index is 12.5. The van der Waals surface area contributed by atoms with Crippen molar-refractivity contribution in [3.8, 4) is 0 Å². The summed E-state index contributed by atoms with van der Waals surface area (Å²) in [6.07, 6.45) is 0. The van der Waals surface area contributed by atoms with Gasteiger partial charge in [0.1, 0.15) is 0 Å². The van der Waals surface area contributed by atoms with Crippen LogP contribution in [0.5, 0.6) is 0 Å². The summed E-state index contributed by atoms with van der Waals surface area (Å²) >= 11 is 0. The molecule has 2 N–H and O–H groups in total. The second kappa shape index (κ2) is 8.11. The Morgan fingerprint density at radius 3 is 2.35 bits per heavy atom. The van der Waals surface area contributed by atoms with Gasteiger partial charge in [-0.05, 0) is 37.3 Å². The van der Waals surface area contributed by atoms with E-state index in [-0.39, 0.29) is 17.3 Å². The van der Waals surface area contributed by atoms with Crippen molar-refractivity contribution in [3.63, 3.8) is 0 Å². The zero-order valence-electron chi connectivity index (χ0n) is 14.8. The lowest BCUT2D eigenvalue weighted by Gasteiger charge is -2.17. The molecule has 0 saturated heterocycles. The zero-order chi connectivity index (χ0) is 19.3. The van der Waals surface area contributed by atoms with Crippen LogP contribution in [-0.2, 0) is 14.8 Å². The molecule has 0 radical (unpaired) electrons. The summed E-state index contributed by atoms with van der Waals surface area (Å²) in [4.78, 5) is 23.9. The number of nitrogens with one attached hydrogen (secondary N) is 2. The van der Waals surface area contributed by atoms with Crippen LogP contribution >= 0.6 is 0 Å². The van der Waals surface area contributed by atoms with Crippen LogP contribution in [0.3, 0.4) is 0 Å². The molecule has 2 aromatic carbocycles. The normalized spacial score (nSPS) is 11.2. The highest BCUT2D eigenvalue weighted by Crippen LogP contribution is 2.15. The molecule has 0 atom stereocenters. The van der Waals surface area contributed by atoms with E-state index in [2.05, 4.69) is 10.6 Å². The molecule has 0 aliphatic carbocycles. The lowest BCUT2D eigenvalue weighted by Crippen LogP contribution is -2.35. The first-order valence-corrected chi connectivity index (χ1v) is 9.33. The Labute approximate surface area is 153 Å². The average molecular weight is 375 g/mol. The van der Waals surface area contributed by atoms with Crippen LogP contribution < -0.4 is 10.6 Å². The number of likely N-dealkylation sites (N-methyl/N-ethyl adjacent to an activating group) is 1. The van der Waals surface area contributed by atoms with Gasteiger partial charge in [0.2, 0.25) is 15.9 Å². The second-order valence-corrected chi connectivity index (χ2v) is 7.83. The van der Waals surface area contributed by atoms with Crippen LogP contribution in [0.4, 0.5) is 5.69 Å². The van der Waals surface area contributed by atoms with Gasteiger partial charge < -0.3 is 10.6 Å². The van der Waals surface area contributed by atoms with Crippen molar-refractivity contribution in [1.82, 2.24) is 9.62 Å². The fourth-order valence-electron chi connectivity index (χ4n) is 2.26. The van der Waals surface area contributed by atoms with Crippen molar-refractivity contribution < 1.29 is 18.0 Å². The topological polar surface area (TPSA) is 95.6 Å². The monoisotopic (exact) mass is 375 g/mol. The first-order valence-electron chi connectivity index (χ1n) is 7.89. The van der Waals surface area contributed by atoms with Gasteiger partial charge in [-0.3, -0.25) is 9.59 Å². The van der Waals surface area contributed by atoms with E-state index < -0.39 is 15.9 Å². The number of hydrogen-bond donors (Lipinski definition) is 2. The molecule has 2 aromatic rings. The van der Waals surface area contributed by atoms with Crippen molar-refractivity contribution in [3.05, 3.63) is 59.7 Å². The number of benzene rings is 2. The summed E-state index contributed by atoms with van der Waals surface area (Å²) in [5.41, 5.74) is 1.75. The number of rotatable bonds is 6. The van der Waals surface area contributed by atoms with Gasteiger partial charge in [0, 0.05) is 25.3 Å². The lowest BCUT2D eigenvalue weighted by molar-refractivity contribution is -0.116. The van der Waals surface area contributed by atoms with Gasteiger partial charge in [-0.2, -0.15) is 4.31 Å². The van der Waals surface area contributed by atoms with Gasteiger partial charge in [0.15, 0.2) is 0 Å². The number of nitrogens with zero attached hydrogens (tertiary/aromatic N) is 1. The number of hydrogen-bond acceptors (Lipinski definition) is 4. The van der Waals surface area contributed by atoms with Crippen LogP contribution in [0.25, 0.3) is 0 Å². The van der Waals surface area contributed by atoms with Crippen LogP contribution in [0, 0.1) is 6.92 Å². The number of amides is 2. The summed E-state index contributed by atoms with van der Waals surface area (Å²) in [5.74, 6) is -0.780. The van der Waals surface area contributed by atoms with Gasteiger partial charge in [-0.15, -0.1) is 0 Å². The van der Waals surface area contributed by atoms with E-state index in [4.69, 9.17) is 0 Å². The van der Waals surface area contributed by atoms with E-state index in [9.17, 15) is 18.0 Å². The van der Waals surface area contributed by atoms with Gasteiger partial charge in [0.05, 0.1) is 11.4 Å². The van der Waals surface area contributed by atoms with E-state index in [0.29, 0.717) is 11.3 Å². The Morgan fingerprint density at radius 2 is 1.73 bits per heavy atom. The predicted octanol–water partition coefficient (Wildman–Crippen LogP) is 1.61. The molecule has 0 fully saturated rings. The van der Waals surface area contributed by atoms with E-state index >= 15 is 0 Å². The number of anilines is 1. The predicted molar refractivity (Wildman–Crippen MR) is 99.5 cm³/mol. The molecular formula is C18H21N3O4S. The maximum absolute atomic E-state index is 12.5. The third kappa shape index (κ3) is 4.68. The molecule has 0 spiro atoms. The first-order chi connectivity index (χ1) is 12.2. The molecule has 0 unspecified atom stereocenters. The molecule has 0 aliphatic rings. The molecule has 138 valence electrons. The Bertz CT molecular complexity index is 908. The number of carbonyl (C=O) groups excluding carboxylic acids is 2. The number of carbonyl (C=O) groups is 2. The largest absolute Gasteiger partial charge is 0.355 e. The van der Waals surface area contributed by atoms with Crippen LogP contribution in [0.1, 0.15) is 15.9 Å². The first kappa shape index (κ1) is 19.6. The minimum absolute atomic E-state index is 0.125. The van der Waals surface area contributed by atoms with Crippen LogP contribution in [0.15, 0.2) is 53.4 Å². The van der Waals surface area contributed by atoms with Gasteiger partial charge in [-0.25, -0.2) is 8.42 Å². The molecule has 0 saturated carbocycles. The third-order valence-electron chi connectivity index (χ3n) is 3.73. The molecule has 7 nitrogen and oxygen atoms in total. The lowest BCUT2D eigenvalue weighted by atomic mass is 10.2. The van der Waals surface area contributed by atoms with Crippen molar-refractivity contribution in [2.75, 3.05) is 26.0 Å². The fourth-order valence-corrected chi connectivity index (χ4v) is 3.39. The molecule has 2 amide bonds. The quantitative estimate of drug-likeness (QED) is 0.802. The van der Waals surface area contributed by atoms with Gasteiger partial charge >= 0.3 is 0 Å². The minimum Gasteiger partial charge on any atom is -0.355 e. The molecule has 0 bridgehead atoms. The summed E-state index contributed by atoms with van der Waals surface area (Å²) in [6.45, 7) is 1.51. The Hall–Kier alpha value is -2.71. The Morgan fingerprint density at radius 1 is 1.08 bits per heavy atom. The second-order valence-electron chi connectivity index (χ2n) is 5.78. The molecule has 0 aromatic heterocycles. The van der Waals surface area contributed by atoms with E-state index in [0.717, 1.165) is 9.87 Å². The average Bonchev–Trinajstić information content (AvgIpc) is 2.61. The molecule has 26 heavy (non-hydrogen) atoms. The minimum atomic E-state index is -3.76. The van der Waals surface area contributed by atoms with E-state index in [1.807, 2.05) is 6.92 Å². The smallest absolute Gasteiger partial charge is 0.251 e. The highest BCUT2D eigenvalue weighted by atomic mass is 32.2. The van der Waals surface area contributed by atoms with E-state index in [1.165, 1.54) is 32.3 Å². The molecule has 0 heterocycles. The standard InChI is InChI=1S/C18H21N3O4S/c1-13-7-9-16(10-8-13)26(24,25)21(3)12-17(22)20-15-6-4-5-14(11-15)18(23)19-2/h4-11H,12H2,1-3H3,(H,19,23)(H,20,22). The summed E-state index contributed by atoms with van der Waals surface area (Å²) in [7, 11) is -0.905. The van der Waals surface area contributed by atoms with E-state index in [1.54, 1.807) is 30.3 Å². The van der Waals surface area contributed by atoms with Gasteiger partial charge in [0.25, 0.3) is 5.91 Å². The Balaban J connectivity index is 2.07. The summed E-state index contributed by atoms with van der Waals surface area (Å²) in [6, 6.07) is 12.8. The molecule has 2 rings (SSSR count). The zero-order valence-corrected chi connectivity index (χ0v) is 15.6. The van der Waals surface area contributed by atoms with Gasteiger partial charge in [-0.1, -0.05) is 23.8 Å². The van der Waals surface area contributed by atoms with Crippen LogP contribution in [0.2, 0.25) is 0 Å². The molecule has 8 heteroatoms. The molecular weight excluding hydrogens is 354 g/mol. The van der Waals surface area contributed by atoms with Crippen molar-refractivity contribution >= 4 is 27.5 Å². The SMILES string of the molecule is CNC(=O)c1cccc(NC(=O)CN(C)S(=O)(=O)c2ccc(C)cc2)c1. The fraction of sp³-hybridized carbons (Fsp3) is 0.222.